The smallest absolute Gasteiger partial charge is 0.418 e. The lowest BCUT2D eigenvalue weighted by atomic mass is 10.2. The number of nitrogens with zero attached hydrogens (tertiary/aromatic N) is 1. The summed E-state index contributed by atoms with van der Waals surface area (Å²) in [5.74, 6) is 0. The zero-order valence-electron chi connectivity index (χ0n) is 8.19. The molecule has 0 aliphatic carbocycles. The van der Waals surface area contributed by atoms with E-state index in [4.69, 9.17) is 0 Å². The Labute approximate surface area is 80.3 Å². The molecule has 1 heterocycles. The summed E-state index contributed by atoms with van der Waals surface area (Å²) in [7, 11) is -6.00. The molecule has 0 amide bonds. The molecule has 0 aliphatic rings. The first kappa shape index (κ1) is 12.9. The van der Waals surface area contributed by atoms with Crippen LogP contribution >= 0.6 is 0 Å². The summed E-state index contributed by atoms with van der Waals surface area (Å²) in [5, 5.41) is 0. The first-order valence-corrected chi connectivity index (χ1v) is 3.97. The maximum absolute atomic E-state index is 9.75. The van der Waals surface area contributed by atoms with Crippen LogP contribution in [0.4, 0.5) is 17.3 Å². The largest absolute Gasteiger partial charge is 0.673 e. The van der Waals surface area contributed by atoms with Crippen LogP contribution in [0, 0.1) is 20.8 Å². The quantitative estimate of drug-likeness (QED) is 0.470. The summed E-state index contributed by atoms with van der Waals surface area (Å²) in [4.78, 5) is 4.23. The fraction of sp³-hybridized carbons (Fsp3) is 0.375. The zero-order valence-corrected chi connectivity index (χ0v) is 8.19. The van der Waals surface area contributed by atoms with E-state index in [2.05, 4.69) is 24.0 Å². The number of rotatable bonds is 0. The molecule has 0 radical (unpaired) electrons. The van der Waals surface area contributed by atoms with Gasteiger partial charge in [-0.3, -0.25) is 4.98 Å². The molecule has 0 fully saturated rings. The highest BCUT2D eigenvalue weighted by Gasteiger charge is 2.20. The van der Waals surface area contributed by atoms with Crippen LogP contribution in [-0.2, 0) is 0 Å². The van der Waals surface area contributed by atoms with Crippen molar-refractivity contribution in [2.24, 2.45) is 0 Å². The summed E-state index contributed by atoms with van der Waals surface area (Å²) >= 11 is 0. The van der Waals surface area contributed by atoms with Crippen molar-refractivity contribution in [2.75, 3.05) is 0 Å². The number of hydrogen-bond donors (Lipinski definition) is 0. The first-order chi connectivity index (χ1) is 6.18. The molecule has 14 heavy (non-hydrogen) atoms. The van der Waals surface area contributed by atoms with Gasteiger partial charge in [0, 0.05) is 11.4 Å². The van der Waals surface area contributed by atoms with Gasteiger partial charge in [-0.15, -0.1) is 0 Å². The lowest BCUT2D eigenvalue weighted by Crippen LogP contribution is -2.02. The Morgan fingerprint density at radius 2 is 1.21 bits per heavy atom. The molecule has 1 aromatic heterocycles. The number of halogens is 4. The summed E-state index contributed by atoms with van der Waals surface area (Å²) in [5.41, 5.74) is 3.50. The molecule has 0 aliphatic heterocycles. The van der Waals surface area contributed by atoms with Crippen molar-refractivity contribution in [1.29, 1.82) is 0 Å². The van der Waals surface area contributed by atoms with Crippen LogP contribution in [0.1, 0.15) is 17.0 Å². The second kappa shape index (κ2) is 4.98. The summed E-state index contributed by atoms with van der Waals surface area (Å²) in [6.45, 7) is 6.11. The second-order valence-electron chi connectivity index (χ2n) is 2.92. The van der Waals surface area contributed by atoms with Crippen molar-refractivity contribution >= 4 is 7.25 Å². The lowest BCUT2D eigenvalue weighted by molar-refractivity contribution is 0.368. The number of pyridine rings is 1. The Morgan fingerprint density at radius 1 is 0.929 bits per heavy atom. The molecule has 0 spiro atoms. The number of aromatic nitrogens is 1. The predicted octanol–water partition coefficient (Wildman–Crippen LogP) is 3.31. The van der Waals surface area contributed by atoms with E-state index in [0.717, 1.165) is 11.4 Å². The van der Waals surface area contributed by atoms with Crippen molar-refractivity contribution in [1.82, 2.24) is 4.98 Å². The Morgan fingerprint density at radius 3 is 1.43 bits per heavy atom. The highest BCUT2D eigenvalue weighted by molar-refractivity contribution is 6.50. The van der Waals surface area contributed by atoms with Gasteiger partial charge >= 0.3 is 7.25 Å². The molecule has 0 N–H and O–H groups in total. The average Bonchev–Trinajstić information content (AvgIpc) is 1.77. The lowest BCUT2D eigenvalue weighted by Gasteiger charge is -1.96. The van der Waals surface area contributed by atoms with Crippen molar-refractivity contribution in [2.45, 2.75) is 20.8 Å². The van der Waals surface area contributed by atoms with Gasteiger partial charge in [0.25, 0.3) is 0 Å². The third-order valence-corrected chi connectivity index (χ3v) is 1.23. The zero-order chi connectivity index (χ0) is 11.4. The topological polar surface area (TPSA) is 12.9 Å². The summed E-state index contributed by atoms with van der Waals surface area (Å²) in [6.07, 6.45) is 0. The van der Waals surface area contributed by atoms with Gasteiger partial charge in [-0.2, -0.15) is 0 Å². The van der Waals surface area contributed by atoms with Crippen LogP contribution in [0.2, 0.25) is 0 Å². The standard InChI is InChI=1S/C8H11N.BF4/c1-6-4-7(2)9-8(3)5-6;2-1(3,4)5/h4-5H,1-3H3;/q;-1. The van der Waals surface area contributed by atoms with E-state index in [1.807, 2.05) is 13.8 Å². The van der Waals surface area contributed by atoms with E-state index in [-0.39, 0.29) is 0 Å². The predicted molar refractivity (Wildman–Crippen MR) is 48.6 cm³/mol. The van der Waals surface area contributed by atoms with Crippen molar-refractivity contribution in [3.63, 3.8) is 0 Å². The summed E-state index contributed by atoms with van der Waals surface area (Å²) in [6, 6.07) is 4.15. The number of aryl methyl sites for hydroxylation is 3. The molecule has 0 bridgehead atoms. The van der Waals surface area contributed by atoms with Gasteiger partial charge in [0.15, 0.2) is 0 Å². The normalized spacial score (nSPS) is 10.5. The van der Waals surface area contributed by atoms with Crippen molar-refractivity contribution in [3.05, 3.63) is 29.1 Å². The van der Waals surface area contributed by atoms with Crippen LogP contribution in [-0.4, -0.2) is 12.2 Å². The van der Waals surface area contributed by atoms with Crippen LogP contribution in [0.15, 0.2) is 12.1 Å². The molecule has 1 aromatic rings. The fourth-order valence-corrected chi connectivity index (χ4v) is 1.04. The third kappa shape index (κ3) is 9.03. The van der Waals surface area contributed by atoms with E-state index < -0.39 is 7.25 Å². The molecule has 0 unspecified atom stereocenters. The van der Waals surface area contributed by atoms with Gasteiger partial charge in [-0.05, 0) is 38.5 Å². The van der Waals surface area contributed by atoms with Gasteiger partial charge < -0.3 is 17.3 Å². The van der Waals surface area contributed by atoms with E-state index in [1.165, 1.54) is 5.56 Å². The SMILES string of the molecule is Cc1cc(C)nc(C)c1.F[B-](F)(F)F. The van der Waals surface area contributed by atoms with Gasteiger partial charge in [0.05, 0.1) is 0 Å². The molecular formula is C8H11BF4N-. The molecule has 0 saturated heterocycles. The Balaban J connectivity index is 0.000000292. The molecule has 80 valence electrons. The van der Waals surface area contributed by atoms with Gasteiger partial charge in [-0.1, -0.05) is 0 Å². The van der Waals surface area contributed by atoms with E-state index in [9.17, 15) is 17.3 Å². The maximum Gasteiger partial charge on any atom is 0.673 e. The summed E-state index contributed by atoms with van der Waals surface area (Å²) < 4.78 is 39.0. The van der Waals surface area contributed by atoms with Crippen LogP contribution in [0.25, 0.3) is 0 Å². The van der Waals surface area contributed by atoms with Gasteiger partial charge in [0.2, 0.25) is 0 Å². The van der Waals surface area contributed by atoms with Crippen LogP contribution in [0.5, 0.6) is 0 Å². The van der Waals surface area contributed by atoms with E-state index >= 15 is 0 Å². The number of hydrogen-bond acceptors (Lipinski definition) is 1. The molecule has 6 heteroatoms. The molecule has 1 rings (SSSR count). The van der Waals surface area contributed by atoms with E-state index in [1.54, 1.807) is 0 Å². The first-order valence-electron chi connectivity index (χ1n) is 3.97. The fourth-order valence-electron chi connectivity index (χ4n) is 1.04. The minimum absolute atomic E-state index is 1.10. The van der Waals surface area contributed by atoms with Crippen LogP contribution < -0.4 is 0 Å². The van der Waals surface area contributed by atoms with E-state index in [0.29, 0.717) is 0 Å². The Hall–Kier alpha value is -1.07. The molecular weight excluding hydrogens is 197 g/mol. The monoisotopic (exact) mass is 208 g/mol. The Kier molecular flexibility index (Phi) is 4.60. The van der Waals surface area contributed by atoms with Crippen LogP contribution in [0.3, 0.4) is 0 Å². The Bertz CT molecular complexity index is 241. The highest BCUT2D eigenvalue weighted by Crippen LogP contribution is 2.06. The molecule has 1 nitrogen and oxygen atoms in total. The minimum atomic E-state index is -6.00. The van der Waals surface area contributed by atoms with Crippen molar-refractivity contribution in [3.8, 4) is 0 Å². The average molecular weight is 208 g/mol. The third-order valence-electron chi connectivity index (χ3n) is 1.23. The molecule has 0 aromatic carbocycles. The van der Waals surface area contributed by atoms with Gasteiger partial charge in [0.1, 0.15) is 0 Å². The minimum Gasteiger partial charge on any atom is -0.418 e. The maximum atomic E-state index is 9.75. The van der Waals surface area contributed by atoms with Crippen molar-refractivity contribution < 1.29 is 17.3 Å². The molecule has 0 saturated carbocycles. The second-order valence-corrected chi connectivity index (χ2v) is 2.92. The molecule has 0 atom stereocenters. The van der Waals surface area contributed by atoms with Gasteiger partial charge in [-0.25, -0.2) is 0 Å². The highest BCUT2D eigenvalue weighted by atomic mass is 19.5.